The van der Waals surface area contributed by atoms with Gasteiger partial charge in [-0.05, 0) is 38.5 Å². The Balaban J connectivity index is 1.60. The van der Waals surface area contributed by atoms with Gasteiger partial charge in [0.1, 0.15) is 6.61 Å². The van der Waals surface area contributed by atoms with Crippen LogP contribution in [0.15, 0.2) is 30.3 Å². The van der Waals surface area contributed by atoms with Crippen LogP contribution in [-0.2, 0) is 11.3 Å². The highest BCUT2D eigenvalue weighted by Crippen LogP contribution is 2.14. The number of halogens is 1. The Morgan fingerprint density at radius 2 is 2.13 bits per heavy atom. The van der Waals surface area contributed by atoms with E-state index in [9.17, 15) is 9.18 Å². The third-order valence-corrected chi connectivity index (χ3v) is 3.40. The molecule has 0 saturated carbocycles. The van der Waals surface area contributed by atoms with Gasteiger partial charge >= 0.3 is 0 Å². The quantitative estimate of drug-likeness (QED) is 0.761. The Morgan fingerprint density at radius 3 is 2.83 bits per heavy atom. The fourth-order valence-electron chi connectivity index (χ4n) is 2.29. The molecule has 0 unspecified atom stereocenters. The van der Waals surface area contributed by atoms with Crippen molar-refractivity contribution in [2.75, 3.05) is 13.2 Å². The van der Waals surface area contributed by atoms with Crippen molar-refractivity contribution in [3.63, 3.8) is 0 Å². The highest BCUT2D eigenvalue weighted by atomic mass is 19.1. The van der Waals surface area contributed by atoms with Gasteiger partial charge in [0.05, 0.1) is 12.2 Å². The molecular formula is C17H22FN3O2. The molecule has 23 heavy (non-hydrogen) atoms. The van der Waals surface area contributed by atoms with Gasteiger partial charge in [-0.15, -0.1) is 0 Å². The molecule has 0 fully saturated rings. The molecule has 124 valence electrons. The average Bonchev–Trinajstić information content (AvgIpc) is 2.83. The van der Waals surface area contributed by atoms with E-state index in [-0.39, 0.29) is 18.3 Å². The highest BCUT2D eigenvalue weighted by Gasteiger charge is 2.05. The molecule has 0 aliphatic heterocycles. The zero-order chi connectivity index (χ0) is 16.7. The van der Waals surface area contributed by atoms with Gasteiger partial charge in [-0.2, -0.15) is 5.10 Å². The van der Waals surface area contributed by atoms with Gasteiger partial charge in [0, 0.05) is 18.7 Å². The van der Waals surface area contributed by atoms with Gasteiger partial charge < -0.3 is 10.1 Å². The first-order valence-corrected chi connectivity index (χ1v) is 7.71. The predicted molar refractivity (Wildman–Crippen MR) is 85.8 cm³/mol. The second-order valence-electron chi connectivity index (χ2n) is 5.38. The molecule has 0 radical (unpaired) electrons. The van der Waals surface area contributed by atoms with E-state index in [1.807, 2.05) is 24.6 Å². The lowest BCUT2D eigenvalue weighted by atomic mass is 10.3. The van der Waals surface area contributed by atoms with Crippen molar-refractivity contribution in [3.8, 4) is 5.75 Å². The van der Waals surface area contributed by atoms with Crippen molar-refractivity contribution < 1.29 is 13.9 Å². The molecule has 1 aromatic carbocycles. The first kappa shape index (κ1) is 17.0. The van der Waals surface area contributed by atoms with E-state index >= 15 is 0 Å². The van der Waals surface area contributed by atoms with E-state index in [1.54, 1.807) is 18.2 Å². The van der Waals surface area contributed by atoms with Crippen LogP contribution in [0.5, 0.6) is 5.75 Å². The number of carbonyl (C=O) groups excluding carboxylic acids is 1. The zero-order valence-electron chi connectivity index (χ0n) is 13.5. The largest absolute Gasteiger partial charge is 0.489 e. The Kier molecular flexibility index (Phi) is 6.14. The summed E-state index contributed by atoms with van der Waals surface area (Å²) < 4.78 is 20.5. The van der Waals surface area contributed by atoms with Crippen molar-refractivity contribution in [1.82, 2.24) is 15.1 Å². The van der Waals surface area contributed by atoms with Crippen LogP contribution in [0.4, 0.5) is 4.39 Å². The van der Waals surface area contributed by atoms with Crippen molar-refractivity contribution in [1.29, 1.82) is 0 Å². The SMILES string of the molecule is Cc1cc(C)n(CCCC(=O)NCCOc2ccccc2F)n1. The number of hydrogen-bond donors (Lipinski definition) is 1. The Morgan fingerprint density at radius 1 is 1.35 bits per heavy atom. The van der Waals surface area contributed by atoms with Crippen molar-refractivity contribution in [2.24, 2.45) is 0 Å². The van der Waals surface area contributed by atoms with Gasteiger partial charge in [-0.1, -0.05) is 12.1 Å². The monoisotopic (exact) mass is 319 g/mol. The first-order valence-electron chi connectivity index (χ1n) is 7.71. The number of carbonyl (C=O) groups is 1. The number of hydrogen-bond acceptors (Lipinski definition) is 3. The lowest BCUT2D eigenvalue weighted by molar-refractivity contribution is -0.121. The Bertz CT molecular complexity index is 655. The molecule has 1 heterocycles. The van der Waals surface area contributed by atoms with Crippen LogP contribution < -0.4 is 10.1 Å². The molecule has 2 rings (SSSR count). The van der Waals surface area contributed by atoms with Gasteiger partial charge in [-0.3, -0.25) is 9.48 Å². The topological polar surface area (TPSA) is 56.2 Å². The Hall–Kier alpha value is -2.37. The number of aryl methyl sites for hydroxylation is 3. The predicted octanol–water partition coefficient (Wildman–Crippen LogP) is 2.61. The van der Waals surface area contributed by atoms with Gasteiger partial charge in [0.25, 0.3) is 0 Å². The van der Waals surface area contributed by atoms with Crippen molar-refractivity contribution >= 4 is 5.91 Å². The van der Waals surface area contributed by atoms with Gasteiger partial charge in [-0.25, -0.2) is 4.39 Å². The molecule has 0 spiro atoms. The number of rotatable bonds is 8. The van der Waals surface area contributed by atoms with E-state index in [0.29, 0.717) is 13.0 Å². The summed E-state index contributed by atoms with van der Waals surface area (Å²) in [6, 6.07) is 8.22. The van der Waals surface area contributed by atoms with E-state index in [0.717, 1.165) is 24.4 Å². The van der Waals surface area contributed by atoms with Crippen LogP contribution in [0.1, 0.15) is 24.2 Å². The third kappa shape index (κ3) is 5.39. The number of amides is 1. The number of nitrogens with one attached hydrogen (secondary N) is 1. The lowest BCUT2D eigenvalue weighted by Crippen LogP contribution is -2.28. The molecule has 0 bridgehead atoms. The molecular weight excluding hydrogens is 297 g/mol. The normalized spacial score (nSPS) is 10.6. The summed E-state index contributed by atoms with van der Waals surface area (Å²) in [6.45, 7) is 5.27. The van der Waals surface area contributed by atoms with E-state index in [4.69, 9.17) is 4.74 Å². The first-order chi connectivity index (χ1) is 11.1. The summed E-state index contributed by atoms with van der Waals surface area (Å²) in [5, 5.41) is 7.12. The minimum absolute atomic E-state index is 0.0383. The molecule has 2 aromatic rings. The van der Waals surface area contributed by atoms with Crippen LogP contribution in [0.3, 0.4) is 0 Å². The van der Waals surface area contributed by atoms with E-state index < -0.39 is 5.82 Å². The number of para-hydroxylation sites is 1. The smallest absolute Gasteiger partial charge is 0.220 e. The second kappa shape index (κ2) is 8.31. The van der Waals surface area contributed by atoms with Crippen LogP contribution in [-0.4, -0.2) is 28.8 Å². The summed E-state index contributed by atoms with van der Waals surface area (Å²) in [6.07, 6.45) is 1.15. The molecule has 0 aliphatic rings. The maximum atomic E-state index is 13.3. The Labute approximate surface area is 135 Å². The van der Waals surface area contributed by atoms with E-state index in [1.165, 1.54) is 6.07 Å². The molecule has 0 saturated heterocycles. The maximum absolute atomic E-state index is 13.3. The molecule has 0 atom stereocenters. The van der Waals surface area contributed by atoms with Crippen molar-refractivity contribution in [2.45, 2.75) is 33.2 Å². The van der Waals surface area contributed by atoms with Gasteiger partial charge in [0.2, 0.25) is 5.91 Å². The summed E-state index contributed by atoms with van der Waals surface area (Å²) >= 11 is 0. The number of ether oxygens (including phenoxy) is 1. The molecule has 1 N–H and O–H groups in total. The molecule has 0 aliphatic carbocycles. The molecule has 5 nitrogen and oxygen atoms in total. The van der Waals surface area contributed by atoms with Gasteiger partial charge in [0.15, 0.2) is 11.6 Å². The maximum Gasteiger partial charge on any atom is 0.220 e. The van der Waals surface area contributed by atoms with Crippen molar-refractivity contribution in [3.05, 3.63) is 47.5 Å². The number of nitrogens with zero attached hydrogens (tertiary/aromatic N) is 2. The number of benzene rings is 1. The summed E-state index contributed by atoms with van der Waals surface area (Å²) in [4.78, 5) is 11.7. The fourth-order valence-corrected chi connectivity index (χ4v) is 2.29. The van der Waals surface area contributed by atoms with Crippen LogP contribution in [0, 0.1) is 19.7 Å². The van der Waals surface area contributed by atoms with Crippen LogP contribution >= 0.6 is 0 Å². The van der Waals surface area contributed by atoms with Crippen LogP contribution in [0.25, 0.3) is 0 Å². The standard InChI is InChI=1S/C17H22FN3O2/c1-13-12-14(2)21(20-13)10-5-8-17(22)19-9-11-23-16-7-4-3-6-15(16)18/h3-4,6-7,12H,5,8-11H2,1-2H3,(H,19,22). The minimum atomic E-state index is -0.399. The van der Waals surface area contributed by atoms with E-state index in [2.05, 4.69) is 10.4 Å². The second-order valence-corrected chi connectivity index (χ2v) is 5.38. The molecule has 1 aromatic heterocycles. The summed E-state index contributed by atoms with van der Waals surface area (Å²) in [5.74, 6) is -0.237. The average molecular weight is 319 g/mol. The summed E-state index contributed by atoms with van der Waals surface area (Å²) in [5.41, 5.74) is 2.08. The molecule has 6 heteroatoms. The minimum Gasteiger partial charge on any atom is -0.489 e. The summed E-state index contributed by atoms with van der Waals surface area (Å²) in [7, 11) is 0. The lowest BCUT2D eigenvalue weighted by Gasteiger charge is -2.08. The number of aromatic nitrogens is 2. The third-order valence-electron chi connectivity index (χ3n) is 3.40. The van der Waals surface area contributed by atoms with Crippen LogP contribution in [0.2, 0.25) is 0 Å². The highest BCUT2D eigenvalue weighted by molar-refractivity contribution is 5.75. The molecule has 1 amide bonds. The zero-order valence-corrected chi connectivity index (χ0v) is 13.5. The fraction of sp³-hybridized carbons (Fsp3) is 0.412.